The number of piperidine rings is 4. The van der Waals surface area contributed by atoms with Crippen LogP contribution in [-0.4, -0.2) is 49.2 Å². The third kappa shape index (κ3) is 2.41. The van der Waals surface area contributed by atoms with Gasteiger partial charge >= 0.3 is 0 Å². The summed E-state index contributed by atoms with van der Waals surface area (Å²) in [4.78, 5) is 2.94. The fourth-order valence-electron chi connectivity index (χ4n) is 7.36. The topological polar surface area (TPSA) is 27.3 Å². The van der Waals surface area contributed by atoms with Gasteiger partial charge in [-0.2, -0.15) is 0 Å². The summed E-state index contributed by atoms with van der Waals surface area (Å²) in [5, 5.41) is 8.04. The van der Waals surface area contributed by atoms with Crippen LogP contribution < -0.4 is 10.6 Å². The van der Waals surface area contributed by atoms with Gasteiger partial charge in [-0.15, -0.1) is 0 Å². The van der Waals surface area contributed by atoms with Crippen molar-refractivity contribution in [3.05, 3.63) is 0 Å². The molecule has 5 fully saturated rings. The Balaban J connectivity index is 1.50. The van der Waals surface area contributed by atoms with E-state index < -0.39 is 0 Å². The SMILES string of the molecule is C1CC[C@@H]([C@]23C[C@H](C[C@H]4CCCN[C@H]42)[C@H]2CCCCN2C3)NC1. The summed E-state index contributed by atoms with van der Waals surface area (Å²) in [5.74, 6) is 1.96. The lowest BCUT2D eigenvalue weighted by atomic mass is 9.52. The molecule has 4 saturated heterocycles. The lowest BCUT2D eigenvalue weighted by Gasteiger charge is -2.64. The molecule has 1 saturated carbocycles. The molecule has 4 heterocycles. The summed E-state index contributed by atoms with van der Waals surface area (Å²) in [6, 6.07) is 2.51. The second-order valence-corrected chi connectivity index (χ2v) is 9.30. The molecule has 0 unspecified atom stereocenters. The molecule has 0 aromatic carbocycles. The molecule has 5 rings (SSSR count). The molecule has 0 aromatic heterocycles. The molecule has 6 atom stereocenters. The van der Waals surface area contributed by atoms with E-state index in [0.717, 1.165) is 30.0 Å². The maximum Gasteiger partial charge on any atom is 0.0179 e. The minimum absolute atomic E-state index is 0.530. The number of hydrogen-bond acceptors (Lipinski definition) is 3. The second-order valence-electron chi connectivity index (χ2n) is 9.30. The molecule has 130 valence electrons. The van der Waals surface area contributed by atoms with Crippen LogP contribution in [0.25, 0.3) is 0 Å². The Bertz CT molecular complexity index is 431. The van der Waals surface area contributed by atoms with E-state index in [1.807, 2.05) is 0 Å². The van der Waals surface area contributed by atoms with Gasteiger partial charge in [0.05, 0.1) is 0 Å². The summed E-state index contributed by atoms with van der Waals surface area (Å²) in [6.07, 6.45) is 14.6. The smallest absolute Gasteiger partial charge is 0.0179 e. The zero-order chi connectivity index (χ0) is 15.3. The average Bonchev–Trinajstić information content (AvgIpc) is 2.63. The Morgan fingerprint density at radius 1 is 0.826 bits per heavy atom. The first kappa shape index (κ1) is 15.2. The van der Waals surface area contributed by atoms with Crippen molar-refractivity contribution < 1.29 is 0 Å². The molecule has 5 aliphatic rings. The first-order valence-corrected chi connectivity index (χ1v) is 10.6. The van der Waals surface area contributed by atoms with Gasteiger partial charge in [0, 0.05) is 30.1 Å². The predicted octanol–water partition coefficient (Wildman–Crippen LogP) is 2.76. The first-order valence-electron chi connectivity index (χ1n) is 10.6. The van der Waals surface area contributed by atoms with Crippen molar-refractivity contribution in [2.24, 2.45) is 17.3 Å². The molecule has 1 aliphatic carbocycles. The molecule has 0 radical (unpaired) electrons. The minimum Gasteiger partial charge on any atom is -0.313 e. The first-order chi connectivity index (χ1) is 11.4. The van der Waals surface area contributed by atoms with Crippen molar-refractivity contribution in [1.29, 1.82) is 0 Å². The van der Waals surface area contributed by atoms with Crippen molar-refractivity contribution in [2.45, 2.75) is 82.3 Å². The lowest BCUT2D eigenvalue weighted by Crippen LogP contribution is -2.72. The van der Waals surface area contributed by atoms with Gasteiger partial charge in [0.25, 0.3) is 0 Å². The number of nitrogens with one attached hydrogen (secondary N) is 2. The monoisotopic (exact) mass is 317 g/mol. The number of hydrogen-bond donors (Lipinski definition) is 2. The fraction of sp³-hybridized carbons (Fsp3) is 1.00. The highest BCUT2D eigenvalue weighted by Gasteiger charge is 2.58. The van der Waals surface area contributed by atoms with Crippen LogP contribution >= 0.6 is 0 Å². The highest BCUT2D eigenvalue weighted by molar-refractivity contribution is 5.14. The minimum atomic E-state index is 0.530. The Morgan fingerprint density at radius 3 is 2.65 bits per heavy atom. The third-order valence-electron chi connectivity index (χ3n) is 8.16. The van der Waals surface area contributed by atoms with Gasteiger partial charge in [-0.25, -0.2) is 0 Å². The van der Waals surface area contributed by atoms with Crippen LogP contribution in [0.4, 0.5) is 0 Å². The number of fused-ring (bicyclic) bond motifs is 6. The van der Waals surface area contributed by atoms with Crippen LogP contribution in [0.3, 0.4) is 0 Å². The van der Waals surface area contributed by atoms with E-state index in [9.17, 15) is 0 Å². The van der Waals surface area contributed by atoms with E-state index >= 15 is 0 Å². The average molecular weight is 318 g/mol. The quantitative estimate of drug-likeness (QED) is 0.779. The Labute approximate surface area is 142 Å². The summed E-state index contributed by atoms with van der Waals surface area (Å²) >= 11 is 0. The van der Waals surface area contributed by atoms with Gasteiger partial charge in [0.15, 0.2) is 0 Å². The number of rotatable bonds is 1. The van der Waals surface area contributed by atoms with Crippen LogP contribution in [0.1, 0.15) is 64.2 Å². The molecule has 4 aliphatic heterocycles. The van der Waals surface area contributed by atoms with E-state index in [2.05, 4.69) is 15.5 Å². The van der Waals surface area contributed by atoms with Crippen molar-refractivity contribution in [1.82, 2.24) is 15.5 Å². The maximum absolute atomic E-state index is 4.04. The van der Waals surface area contributed by atoms with Gasteiger partial charge in [-0.3, -0.25) is 4.90 Å². The maximum atomic E-state index is 4.04. The highest BCUT2D eigenvalue weighted by Crippen LogP contribution is 2.55. The zero-order valence-corrected chi connectivity index (χ0v) is 14.7. The second kappa shape index (κ2) is 6.00. The Kier molecular flexibility index (Phi) is 3.95. The van der Waals surface area contributed by atoms with Crippen molar-refractivity contribution in [3.63, 3.8) is 0 Å². The molecule has 2 N–H and O–H groups in total. The lowest BCUT2D eigenvalue weighted by molar-refractivity contribution is -0.117. The molecule has 3 nitrogen and oxygen atoms in total. The van der Waals surface area contributed by atoms with E-state index in [0.29, 0.717) is 5.41 Å². The van der Waals surface area contributed by atoms with Gasteiger partial charge in [-0.1, -0.05) is 12.8 Å². The van der Waals surface area contributed by atoms with Gasteiger partial charge < -0.3 is 10.6 Å². The Morgan fingerprint density at radius 2 is 1.74 bits per heavy atom. The van der Waals surface area contributed by atoms with E-state index in [4.69, 9.17) is 0 Å². The molecule has 3 heteroatoms. The molecule has 0 aromatic rings. The zero-order valence-electron chi connectivity index (χ0n) is 14.7. The molecular formula is C20H35N3. The van der Waals surface area contributed by atoms with E-state index in [1.54, 1.807) is 0 Å². The third-order valence-corrected chi connectivity index (χ3v) is 8.16. The van der Waals surface area contributed by atoms with Crippen molar-refractivity contribution in [3.8, 4) is 0 Å². The fourth-order valence-corrected chi connectivity index (χ4v) is 7.36. The Hall–Kier alpha value is -0.120. The van der Waals surface area contributed by atoms with E-state index in [-0.39, 0.29) is 0 Å². The molecule has 0 spiro atoms. The van der Waals surface area contributed by atoms with Gasteiger partial charge in [0.1, 0.15) is 0 Å². The molecule has 0 amide bonds. The normalized spacial score (nSPS) is 50.9. The summed E-state index contributed by atoms with van der Waals surface area (Å²) < 4.78 is 0. The summed E-state index contributed by atoms with van der Waals surface area (Å²) in [5.41, 5.74) is 0.530. The van der Waals surface area contributed by atoms with Crippen LogP contribution in [0.5, 0.6) is 0 Å². The van der Waals surface area contributed by atoms with E-state index in [1.165, 1.54) is 90.4 Å². The highest BCUT2D eigenvalue weighted by atomic mass is 15.2. The number of nitrogens with zero attached hydrogens (tertiary/aromatic N) is 1. The van der Waals surface area contributed by atoms with Crippen molar-refractivity contribution >= 4 is 0 Å². The largest absolute Gasteiger partial charge is 0.313 e. The molecular weight excluding hydrogens is 282 g/mol. The van der Waals surface area contributed by atoms with Crippen LogP contribution in [0.15, 0.2) is 0 Å². The van der Waals surface area contributed by atoms with Gasteiger partial charge in [0.2, 0.25) is 0 Å². The predicted molar refractivity (Wildman–Crippen MR) is 94.5 cm³/mol. The van der Waals surface area contributed by atoms with Gasteiger partial charge in [-0.05, 0) is 82.8 Å². The van der Waals surface area contributed by atoms with Crippen molar-refractivity contribution in [2.75, 3.05) is 26.2 Å². The van der Waals surface area contributed by atoms with Crippen LogP contribution in [-0.2, 0) is 0 Å². The van der Waals surface area contributed by atoms with Crippen LogP contribution in [0.2, 0.25) is 0 Å². The standard InChI is InChI=1S/C20H35N3/c1-3-9-21-18(8-1)20-13-16(12-15-6-5-10-22-19(15)20)17-7-2-4-11-23(17)14-20/h15-19,21-22H,1-14H2/t15-,16+,17-,18+,19-,20-/m1/s1. The molecule has 23 heavy (non-hydrogen) atoms. The summed E-state index contributed by atoms with van der Waals surface area (Å²) in [7, 11) is 0. The van der Waals surface area contributed by atoms with Crippen LogP contribution in [0, 0.1) is 17.3 Å². The molecule has 2 bridgehead atoms. The summed E-state index contributed by atoms with van der Waals surface area (Å²) in [6.45, 7) is 5.30.